The van der Waals surface area contributed by atoms with E-state index in [9.17, 15) is 0 Å². The minimum absolute atomic E-state index is 0.723. The molecule has 0 aromatic heterocycles. The number of aryl methyl sites for hydroxylation is 1. The van der Waals surface area contributed by atoms with E-state index in [2.05, 4.69) is 30.4 Å². The molecule has 1 aliphatic carbocycles. The van der Waals surface area contributed by atoms with E-state index in [0.29, 0.717) is 0 Å². The van der Waals surface area contributed by atoms with Gasteiger partial charge in [-0.25, -0.2) is 0 Å². The van der Waals surface area contributed by atoms with Crippen LogP contribution in [0.25, 0.3) is 0 Å². The third kappa shape index (κ3) is 4.45. The van der Waals surface area contributed by atoms with Gasteiger partial charge in [0.25, 0.3) is 0 Å². The second-order valence-corrected chi connectivity index (χ2v) is 5.65. The van der Waals surface area contributed by atoms with Crippen molar-refractivity contribution in [2.75, 3.05) is 18.5 Å². The van der Waals surface area contributed by atoms with Crippen LogP contribution in [0.2, 0.25) is 0 Å². The fourth-order valence-corrected chi connectivity index (χ4v) is 2.94. The maximum absolute atomic E-state index is 5.70. The molecule has 2 nitrogen and oxygen atoms in total. The lowest BCUT2D eigenvalue weighted by atomic mass is 9.87. The van der Waals surface area contributed by atoms with E-state index < -0.39 is 0 Å². The summed E-state index contributed by atoms with van der Waals surface area (Å²) in [5, 5.41) is 3.55. The number of hydrogen-bond donors (Lipinski definition) is 1. The highest BCUT2D eigenvalue weighted by Crippen LogP contribution is 2.28. The van der Waals surface area contributed by atoms with Crippen LogP contribution in [-0.2, 0) is 0 Å². The zero-order valence-electron chi connectivity index (χ0n) is 12.4. The molecule has 0 heterocycles. The van der Waals surface area contributed by atoms with Gasteiger partial charge in [0, 0.05) is 6.54 Å². The van der Waals surface area contributed by atoms with Crippen LogP contribution in [0.1, 0.15) is 51.0 Å². The molecule has 0 unspecified atom stereocenters. The summed E-state index contributed by atoms with van der Waals surface area (Å²) in [5.41, 5.74) is 2.39. The summed E-state index contributed by atoms with van der Waals surface area (Å²) in [4.78, 5) is 0. The number of rotatable bonds is 6. The molecule has 0 atom stereocenters. The van der Waals surface area contributed by atoms with Crippen molar-refractivity contribution in [1.29, 1.82) is 0 Å². The molecule has 2 rings (SSSR count). The van der Waals surface area contributed by atoms with E-state index in [-0.39, 0.29) is 0 Å². The van der Waals surface area contributed by atoms with Crippen molar-refractivity contribution >= 4 is 5.69 Å². The Kier molecular flexibility index (Phi) is 5.56. The molecule has 1 aromatic rings. The van der Waals surface area contributed by atoms with Gasteiger partial charge in [0.05, 0.1) is 12.3 Å². The molecule has 19 heavy (non-hydrogen) atoms. The van der Waals surface area contributed by atoms with Crippen LogP contribution in [-0.4, -0.2) is 13.2 Å². The summed E-state index contributed by atoms with van der Waals surface area (Å²) < 4.78 is 5.70. The molecule has 0 amide bonds. The maximum atomic E-state index is 5.70. The first-order valence-corrected chi connectivity index (χ1v) is 7.77. The molecule has 0 bridgehead atoms. The van der Waals surface area contributed by atoms with E-state index in [1.165, 1.54) is 44.1 Å². The third-order valence-electron chi connectivity index (χ3n) is 4.03. The van der Waals surface area contributed by atoms with Crippen molar-refractivity contribution in [1.82, 2.24) is 0 Å². The number of anilines is 1. The summed E-state index contributed by atoms with van der Waals surface area (Å²) in [5.74, 6) is 1.92. The van der Waals surface area contributed by atoms with Crippen molar-refractivity contribution in [2.24, 2.45) is 5.92 Å². The molecule has 1 saturated carbocycles. The summed E-state index contributed by atoms with van der Waals surface area (Å²) in [6, 6.07) is 6.40. The Morgan fingerprint density at radius 3 is 2.74 bits per heavy atom. The SMILES string of the molecule is CCOc1cc(C)ccc1NCCC1CCCCC1. The fourth-order valence-electron chi connectivity index (χ4n) is 2.94. The highest BCUT2D eigenvalue weighted by atomic mass is 16.5. The molecule has 106 valence electrons. The molecule has 0 radical (unpaired) electrons. The van der Waals surface area contributed by atoms with Crippen LogP contribution in [0.4, 0.5) is 5.69 Å². The minimum atomic E-state index is 0.723. The molecular weight excluding hydrogens is 234 g/mol. The highest BCUT2D eigenvalue weighted by Gasteiger charge is 2.13. The fraction of sp³-hybridized carbons (Fsp3) is 0.647. The molecule has 1 N–H and O–H groups in total. The molecule has 1 aromatic carbocycles. The Labute approximate surface area is 117 Å². The van der Waals surface area contributed by atoms with Crippen LogP contribution in [0.3, 0.4) is 0 Å². The average molecular weight is 261 g/mol. The lowest BCUT2D eigenvalue weighted by Gasteiger charge is -2.22. The van der Waals surface area contributed by atoms with Crippen molar-refractivity contribution in [3.63, 3.8) is 0 Å². The Balaban J connectivity index is 1.84. The number of ether oxygens (including phenoxy) is 1. The second-order valence-electron chi connectivity index (χ2n) is 5.65. The predicted octanol–water partition coefficient (Wildman–Crippen LogP) is 4.78. The standard InChI is InChI=1S/C17H27NO/c1-3-19-17-13-14(2)9-10-16(17)18-12-11-15-7-5-4-6-8-15/h9-10,13,15,18H,3-8,11-12H2,1-2H3. The van der Waals surface area contributed by atoms with Crippen LogP contribution >= 0.6 is 0 Å². The minimum Gasteiger partial charge on any atom is -0.492 e. The molecule has 1 aliphatic rings. The van der Waals surface area contributed by atoms with Crippen LogP contribution in [0.15, 0.2) is 18.2 Å². The smallest absolute Gasteiger partial charge is 0.142 e. The number of nitrogens with one attached hydrogen (secondary N) is 1. The van der Waals surface area contributed by atoms with Gasteiger partial charge in [0.15, 0.2) is 0 Å². The number of hydrogen-bond acceptors (Lipinski definition) is 2. The quantitative estimate of drug-likeness (QED) is 0.796. The largest absolute Gasteiger partial charge is 0.492 e. The summed E-state index contributed by atoms with van der Waals surface area (Å²) in [6.07, 6.45) is 8.44. The van der Waals surface area contributed by atoms with Gasteiger partial charge in [0.1, 0.15) is 5.75 Å². The first kappa shape index (κ1) is 14.2. The Morgan fingerprint density at radius 1 is 1.21 bits per heavy atom. The van der Waals surface area contributed by atoms with Gasteiger partial charge in [-0.3, -0.25) is 0 Å². The monoisotopic (exact) mass is 261 g/mol. The van der Waals surface area contributed by atoms with Gasteiger partial charge in [-0.2, -0.15) is 0 Å². The summed E-state index contributed by atoms with van der Waals surface area (Å²) in [6.45, 7) is 5.93. The van der Waals surface area contributed by atoms with E-state index in [1.807, 2.05) is 6.92 Å². The van der Waals surface area contributed by atoms with Crippen LogP contribution < -0.4 is 10.1 Å². The van der Waals surface area contributed by atoms with Crippen molar-refractivity contribution < 1.29 is 4.74 Å². The van der Waals surface area contributed by atoms with E-state index in [1.54, 1.807) is 0 Å². The molecule has 1 fully saturated rings. The van der Waals surface area contributed by atoms with Gasteiger partial charge < -0.3 is 10.1 Å². The number of benzene rings is 1. The van der Waals surface area contributed by atoms with Crippen molar-refractivity contribution in [3.05, 3.63) is 23.8 Å². The van der Waals surface area contributed by atoms with Gasteiger partial charge in [-0.1, -0.05) is 38.2 Å². The molecule has 2 heteroatoms. The first-order valence-electron chi connectivity index (χ1n) is 7.77. The zero-order chi connectivity index (χ0) is 13.5. The topological polar surface area (TPSA) is 21.3 Å². The lowest BCUT2D eigenvalue weighted by Crippen LogP contribution is -2.12. The van der Waals surface area contributed by atoms with Gasteiger partial charge in [-0.05, 0) is 43.9 Å². The normalized spacial score (nSPS) is 16.3. The highest BCUT2D eigenvalue weighted by molar-refractivity contribution is 5.57. The third-order valence-corrected chi connectivity index (χ3v) is 4.03. The Morgan fingerprint density at radius 2 is 2.00 bits per heavy atom. The summed E-state index contributed by atoms with van der Waals surface area (Å²) >= 11 is 0. The Bertz CT molecular complexity index is 383. The molecule has 0 saturated heterocycles. The molecule has 0 aliphatic heterocycles. The Hall–Kier alpha value is -1.18. The van der Waals surface area contributed by atoms with E-state index in [4.69, 9.17) is 4.74 Å². The zero-order valence-corrected chi connectivity index (χ0v) is 12.4. The predicted molar refractivity (Wildman–Crippen MR) is 82.0 cm³/mol. The lowest BCUT2D eigenvalue weighted by molar-refractivity contribution is 0.339. The van der Waals surface area contributed by atoms with Crippen molar-refractivity contribution in [3.8, 4) is 5.75 Å². The van der Waals surface area contributed by atoms with E-state index in [0.717, 1.165) is 30.5 Å². The van der Waals surface area contributed by atoms with Crippen molar-refractivity contribution in [2.45, 2.75) is 52.4 Å². The molecule has 0 spiro atoms. The second kappa shape index (κ2) is 7.42. The van der Waals surface area contributed by atoms with Crippen LogP contribution in [0.5, 0.6) is 5.75 Å². The molecular formula is C17H27NO. The van der Waals surface area contributed by atoms with Gasteiger partial charge in [0.2, 0.25) is 0 Å². The van der Waals surface area contributed by atoms with Crippen LogP contribution in [0, 0.1) is 12.8 Å². The summed E-state index contributed by atoms with van der Waals surface area (Å²) in [7, 11) is 0. The average Bonchev–Trinajstić information content (AvgIpc) is 2.43. The van der Waals surface area contributed by atoms with Gasteiger partial charge >= 0.3 is 0 Å². The maximum Gasteiger partial charge on any atom is 0.142 e. The first-order chi connectivity index (χ1) is 9.29. The van der Waals surface area contributed by atoms with E-state index >= 15 is 0 Å². The van der Waals surface area contributed by atoms with Gasteiger partial charge in [-0.15, -0.1) is 0 Å².